The number of hydrogen-bond donors (Lipinski definition) is 2. The van der Waals surface area contributed by atoms with E-state index in [1.165, 1.54) is 11.1 Å². The molecule has 2 N–H and O–H groups in total. The zero-order valence-corrected chi connectivity index (χ0v) is 18.7. The van der Waals surface area contributed by atoms with E-state index in [0.29, 0.717) is 23.4 Å². The van der Waals surface area contributed by atoms with Crippen LogP contribution < -0.4 is 5.32 Å². The average molecular weight is 452 g/mol. The molecule has 0 unspecified atom stereocenters. The number of nitrogens with one attached hydrogen (secondary N) is 1. The lowest BCUT2D eigenvalue weighted by Gasteiger charge is -2.30. The van der Waals surface area contributed by atoms with Crippen LogP contribution in [-0.2, 0) is 13.0 Å². The first-order chi connectivity index (χ1) is 16.6. The highest BCUT2D eigenvalue weighted by Crippen LogP contribution is 2.21. The van der Waals surface area contributed by atoms with Crippen molar-refractivity contribution >= 4 is 11.6 Å². The third kappa shape index (κ3) is 4.69. The monoisotopic (exact) mass is 451 g/mol. The van der Waals surface area contributed by atoms with Gasteiger partial charge >= 0.3 is 0 Å². The highest BCUT2D eigenvalue weighted by molar-refractivity contribution is 5.93. The molecule has 34 heavy (non-hydrogen) atoms. The molecule has 1 aliphatic rings. The minimum atomic E-state index is -0.658. The maximum Gasteiger partial charge on any atom is 0.271 e. The summed E-state index contributed by atoms with van der Waals surface area (Å²) in [6.07, 6.45) is 3.91. The minimum absolute atomic E-state index is 0.168. The van der Waals surface area contributed by atoms with Gasteiger partial charge in [-0.1, -0.05) is 36.4 Å². The molecule has 7 nitrogen and oxygen atoms in total. The van der Waals surface area contributed by atoms with E-state index in [2.05, 4.69) is 39.5 Å². The summed E-state index contributed by atoms with van der Waals surface area (Å²) >= 11 is 0. The van der Waals surface area contributed by atoms with Crippen LogP contribution >= 0.6 is 0 Å². The number of aliphatic hydroxyl groups excluding tert-OH is 1. The molecule has 1 atom stereocenters. The Labute approximate surface area is 197 Å². The number of fused-ring (bicyclic) bond motifs is 2. The van der Waals surface area contributed by atoms with Gasteiger partial charge in [0, 0.05) is 38.6 Å². The molecule has 170 valence electrons. The molecule has 7 heteroatoms. The smallest absolute Gasteiger partial charge is 0.271 e. The first-order valence-electron chi connectivity index (χ1n) is 11.3. The molecule has 1 amide bonds. The molecule has 0 radical (unpaired) electrons. The number of benzene rings is 2. The number of pyridine rings is 1. The third-order valence-corrected chi connectivity index (χ3v) is 6.21. The van der Waals surface area contributed by atoms with Crippen LogP contribution in [0, 0.1) is 11.3 Å². The Morgan fingerprint density at radius 2 is 1.82 bits per heavy atom. The van der Waals surface area contributed by atoms with Gasteiger partial charge in [-0.3, -0.25) is 9.69 Å². The minimum Gasteiger partial charge on any atom is -0.390 e. The van der Waals surface area contributed by atoms with E-state index in [0.717, 1.165) is 30.6 Å². The van der Waals surface area contributed by atoms with E-state index in [1.54, 1.807) is 18.3 Å². The molecule has 2 aromatic heterocycles. The Hall–Kier alpha value is -3.99. The summed E-state index contributed by atoms with van der Waals surface area (Å²) in [4.78, 5) is 19.3. The highest BCUT2D eigenvalue weighted by atomic mass is 16.3. The van der Waals surface area contributed by atoms with Crippen LogP contribution in [0.15, 0.2) is 73.1 Å². The topological polar surface area (TPSA) is 93.7 Å². The van der Waals surface area contributed by atoms with Gasteiger partial charge in [0.15, 0.2) is 0 Å². The lowest BCUT2D eigenvalue weighted by Crippen LogP contribution is -2.42. The van der Waals surface area contributed by atoms with Crippen molar-refractivity contribution in [3.8, 4) is 17.2 Å². The van der Waals surface area contributed by atoms with Crippen LogP contribution in [0.25, 0.3) is 16.8 Å². The molecule has 3 heterocycles. The van der Waals surface area contributed by atoms with Gasteiger partial charge in [-0.2, -0.15) is 5.26 Å². The second kappa shape index (κ2) is 9.48. The maximum atomic E-state index is 12.7. The SMILES string of the molecule is N#Cc1ccc(-c2ccc3nc(C(=O)NC[C@H](O)CN4CCc5ccccc5C4)cn3c2)cc1. The van der Waals surface area contributed by atoms with Crippen LogP contribution in [0.3, 0.4) is 0 Å². The molecule has 2 aromatic carbocycles. The normalized spacial score (nSPS) is 14.4. The van der Waals surface area contributed by atoms with Gasteiger partial charge in [0.1, 0.15) is 11.3 Å². The number of nitrogens with zero attached hydrogens (tertiary/aromatic N) is 4. The summed E-state index contributed by atoms with van der Waals surface area (Å²) in [6.45, 7) is 2.39. The number of carbonyl (C=O) groups is 1. The number of carbonyl (C=O) groups excluding carboxylic acids is 1. The summed E-state index contributed by atoms with van der Waals surface area (Å²) in [5.74, 6) is -0.313. The van der Waals surface area contributed by atoms with Gasteiger partial charge < -0.3 is 14.8 Å². The summed E-state index contributed by atoms with van der Waals surface area (Å²) in [7, 11) is 0. The summed E-state index contributed by atoms with van der Waals surface area (Å²) in [6, 6.07) is 21.6. The lowest BCUT2D eigenvalue weighted by atomic mass is 10.00. The second-order valence-electron chi connectivity index (χ2n) is 8.62. The molecule has 0 saturated heterocycles. The number of β-amino-alcohol motifs (C(OH)–C–C–N with tert-alkyl or cyclic N) is 1. The Bertz CT molecular complexity index is 1370. The fourth-order valence-corrected chi connectivity index (χ4v) is 4.38. The number of nitriles is 1. The molecule has 0 bridgehead atoms. The molecular weight excluding hydrogens is 426 g/mol. The van der Waals surface area contributed by atoms with Crippen molar-refractivity contribution in [3.05, 3.63) is 95.4 Å². The van der Waals surface area contributed by atoms with E-state index < -0.39 is 6.10 Å². The predicted molar refractivity (Wildman–Crippen MR) is 129 cm³/mol. The van der Waals surface area contributed by atoms with E-state index in [9.17, 15) is 9.90 Å². The molecule has 0 aliphatic carbocycles. The summed E-state index contributed by atoms with van der Waals surface area (Å²) in [5.41, 5.74) is 6.18. The maximum absolute atomic E-state index is 12.7. The van der Waals surface area contributed by atoms with Crippen molar-refractivity contribution in [2.75, 3.05) is 19.6 Å². The van der Waals surface area contributed by atoms with E-state index >= 15 is 0 Å². The van der Waals surface area contributed by atoms with Gasteiger partial charge in [-0.15, -0.1) is 0 Å². The Kier molecular flexibility index (Phi) is 6.09. The molecule has 0 saturated carbocycles. The van der Waals surface area contributed by atoms with Gasteiger partial charge in [0.25, 0.3) is 5.91 Å². The quantitative estimate of drug-likeness (QED) is 0.470. The zero-order valence-electron chi connectivity index (χ0n) is 18.7. The van der Waals surface area contributed by atoms with Crippen LogP contribution in [0.1, 0.15) is 27.2 Å². The first-order valence-corrected chi connectivity index (χ1v) is 11.3. The number of aromatic nitrogens is 2. The fraction of sp³-hybridized carbons (Fsp3) is 0.222. The summed E-state index contributed by atoms with van der Waals surface area (Å²) in [5, 5.41) is 22.3. The number of aliphatic hydroxyl groups is 1. The van der Waals surface area contributed by atoms with Gasteiger partial charge in [-0.05, 0) is 52.9 Å². The van der Waals surface area contributed by atoms with Crippen LogP contribution in [0.4, 0.5) is 0 Å². The van der Waals surface area contributed by atoms with Crippen molar-refractivity contribution in [2.24, 2.45) is 0 Å². The summed E-state index contributed by atoms with van der Waals surface area (Å²) < 4.78 is 1.81. The molecule has 0 fully saturated rings. The van der Waals surface area contributed by atoms with Gasteiger partial charge in [0.05, 0.1) is 17.7 Å². The third-order valence-electron chi connectivity index (χ3n) is 6.21. The van der Waals surface area contributed by atoms with E-state index in [4.69, 9.17) is 5.26 Å². The highest BCUT2D eigenvalue weighted by Gasteiger charge is 2.19. The standard InChI is InChI=1S/C27H25N5O2/c28-13-19-5-7-21(8-6-19)23-9-10-26-30-25(18-32(26)16-23)27(34)29-14-24(33)17-31-12-11-20-3-1-2-4-22(20)15-31/h1-10,16,18,24,33H,11-12,14-15,17H2,(H,29,34)/t24-/m0/s1. The van der Waals surface area contributed by atoms with Crippen molar-refractivity contribution < 1.29 is 9.90 Å². The van der Waals surface area contributed by atoms with Gasteiger partial charge in [-0.25, -0.2) is 4.98 Å². The number of hydrogen-bond acceptors (Lipinski definition) is 5. The lowest BCUT2D eigenvalue weighted by molar-refractivity contribution is 0.0838. The average Bonchev–Trinajstić information content (AvgIpc) is 3.31. The largest absolute Gasteiger partial charge is 0.390 e. The predicted octanol–water partition coefficient (Wildman–Crippen LogP) is 3.02. The van der Waals surface area contributed by atoms with Crippen LogP contribution in [-0.4, -0.2) is 51.0 Å². The second-order valence-corrected chi connectivity index (χ2v) is 8.62. The Morgan fingerprint density at radius 1 is 1.06 bits per heavy atom. The molecule has 1 aliphatic heterocycles. The zero-order chi connectivity index (χ0) is 23.5. The molecular formula is C27H25N5O2. The van der Waals surface area contributed by atoms with Crippen molar-refractivity contribution in [1.82, 2.24) is 19.6 Å². The van der Waals surface area contributed by atoms with Gasteiger partial charge in [0.2, 0.25) is 0 Å². The molecule has 4 aromatic rings. The van der Waals surface area contributed by atoms with Crippen molar-refractivity contribution in [2.45, 2.75) is 19.1 Å². The van der Waals surface area contributed by atoms with E-state index in [1.807, 2.05) is 40.9 Å². The number of rotatable bonds is 6. The van der Waals surface area contributed by atoms with Crippen molar-refractivity contribution in [1.29, 1.82) is 5.26 Å². The van der Waals surface area contributed by atoms with Crippen LogP contribution in [0.5, 0.6) is 0 Å². The van der Waals surface area contributed by atoms with E-state index in [-0.39, 0.29) is 12.5 Å². The Balaban J connectivity index is 1.19. The Morgan fingerprint density at radius 3 is 2.62 bits per heavy atom. The molecule has 5 rings (SSSR count). The molecule has 0 spiro atoms. The number of amides is 1. The first kappa shape index (κ1) is 21.8. The van der Waals surface area contributed by atoms with Crippen LogP contribution in [0.2, 0.25) is 0 Å². The van der Waals surface area contributed by atoms with Crippen molar-refractivity contribution in [3.63, 3.8) is 0 Å². The number of imidazole rings is 1. The fourth-order valence-electron chi connectivity index (χ4n) is 4.38.